The lowest BCUT2D eigenvalue weighted by molar-refractivity contribution is -0.120. The Kier molecular flexibility index (Phi) is 5.86. The van der Waals surface area contributed by atoms with Crippen molar-refractivity contribution >= 4 is 11.8 Å². The van der Waals surface area contributed by atoms with E-state index in [0.717, 1.165) is 0 Å². The lowest BCUT2D eigenvalue weighted by Crippen LogP contribution is -2.38. The highest BCUT2D eigenvalue weighted by Crippen LogP contribution is 2.12. The van der Waals surface area contributed by atoms with Crippen LogP contribution in [0.1, 0.15) is 22.0 Å². The van der Waals surface area contributed by atoms with Gasteiger partial charge < -0.3 is 20.4 Å². The van der Waals surface area contributed by atoms with Crippen molar-refractivity contribution < 1.29 is 14.3 Å². The van der Waals surface area contributed by atoms with E-state index in [0.29, 0.717) is 18.7 Å². The summed E-state index contributed by atoms with van der Waals surface area (Å²) in [6, 6.07) is 10.5. The van der Waals surface area contributed by atoms with Crippen molar-refractivity contribution in [3.05, 3.63) is 70.1 Å². The number of carbonyl (C=O) groups is 2. The van der Waals surface area contributed by atoms with Gasteiger partial charge in [0.15, 0.2) is 0 Å². The molecule has 0 radical (unpaired) electrons. The number of nitrogens with zero attached hydrogens (tertiary/aromatic N) is 1. The third-order valence-electron chi connectivity index (χ3n) is 3.47. The Bertz CT molecular complexity index is 771. The molecule has 24 heavy (non-hydrogen) atoms. The Morgan fingerprint density at radius 3 is 2.54 bits per heavy atom. The third-order valence-corrected chi connectivity index (χ3v) is 3.47. The molecule has 2 amide bonds. The molecule has 0 bridgehead atoms. The molecule has 2 aromatic rings. The second kappa shape index (κ2) is 8.07. The standard InChI is InChI=1S/C17H19N3O4/c1-24-10-9-20-11-13(7-8-14(20)21)17(23)19-15(16(18)22)12-5-3-2-4-6-12/h2-8,11,15H,9-10H2,1H3,(H2,18,22)(H,19,23). The maximum absolute atomic E-state index is 12.4. The fourth-order valence-corrected chi connectivity index (χ4v) is 2.21. The van der Waals surface area contributed by atoms with Crippen molar-refractivity contribution in [2.75, 3.05) is 13.7 Å². The van der Waals surface area contributed by atoms with Gasteiger partial charge >= 0.3 is 0 Å². The first-order valence-electron chi connectivity index (χ1n) is 7.37. The summed E-state index contributed by atoms with van der Waals surface area (Å²) in [5.41, 5.74) is 6.00. The molecule has 0 saturated carbocycles. The monoisotopic (exact) mass is 329 g/mol. The molecule has 7 nitrogen and oxygen atoms in total. The molecular formula is C17H19N3O4. The van der Waals surface area contributed by atoms with Crippen LogP contribution in [0.4, 0.5) is 0 Å². The molecule has 1 aromatic heterocycles. The Hall–Kier alpha value is -2.93. The summed E-state index contributed by atoms with van der Waals surface area (Å²) in [5, 5.41) is 2.59. The van der Waals surface area contributed by atoms with Gasteiger partial charge in [-0.15, -0.1) is 0 Å². The number of hydrogen-bond acceptors (Lipinski definition) is 4. The van der Waals surface area contributed by atoms with E-state index in [-0.39, 0.29) is 11.1 Å². The third kappa shape index (κ3) is 4.30. The van der Waals surface area contributed by atoms with Crippen LogP contribution in [0.3, 0.4) is 0 Å². The van der Waals surface area contributed by atoms with Crippen LogP contribution < -0.4 is 16.6 Å². The topological polar surface area (TPSA) is 103 Å². The van der Waals surface area contributed by atoms with Crippen molar-refractivity contribution in [3.63, 3.8) is 0 Å². The van der Waals surface area contributed by atoms with Gasteiger partial charge in [-0.3, -0.25) is 14.4 Å². The number of amides is 2. The Balaban J connectivity index is 2.21. The fraction of sp³-hybridized carbons (Fsp3) is 0.235. The van der Waals surface area contributed by atoms with E-state index in [4.69, 9.17) is 10.5 Å². The average Bonchev–Trinajstić information content (AvgIpc) is 2.59. The normalized spacial score (nSPS) is 11.7. The summed E-state index contributed by atoms with van der Waals surface area (Å²) in [5.74, 6) is -1.16. The van der Waals surface area contributed by atoms with E-state index in [1.807, 2.05) is 0 Å². The SMILES string of the molecule is COCCn1cc(C(=O)NC(C(N)=O)c2ccccc2)ccc1=O. The Morgan fingerprint density at radius 2 is 1.92 bits per heavy atom. The molecule has 0 fully saturated rings. The second-order valence-electron chi connectivity index (χ2n) is 5.16. The van der Waals surface area contributed by atoms with Gasteiger partial charge in [-0.25, -0.2) is 0 Å². The lowest BCUT2D eigenvalue weighted by Gasteiger charge is -2.16. The predicted molar refractivity (Wildman–Crippen MR) is 88.4 cm³/mol. The van der Waals surface area contributed by atoms with E-state index < -0.39 is 17.9 Å². The molecule has 0 aliphatic rings. The van der Waals surface area contributed by atoms with Crippen LogP contribution in [0, 0.1) is 0 Å². The largest absolute Gasteiger partial charge is 0.383 e. The van der Waals surface area contributed by atoms with Gasteiger partial charge in [-0.05, 0) is 11.6 Å². The number of ether oxygens (including phenoxy) is 1. The highest BCUT2D eigenvalue weighted by atomic mass is 16.5. The molecule has 1 atom stereocenters. The molecule has 2 rings (SSSR count). The average molecular weight is 329 g/mol. The van der Waals surface area contributed by atoms with E-state index in [1.165, 1.54) is 30.0 Å². The number of benzene rings is 1. The minimum Gasteiger partial charge on any atom is -0.383 e. The van der Waals surface area contributed by atoms with Crippen LogP contribution in [0.5, 0.6) is 0 Å². The van der Waals surface area contributed by atoms with Gasteiger partial charge in [0.1, 0.15) is 6.04 Å². The number of nitrogens with two attached hydrogens (primary N) is 1. The zero-order chi connectivity index (χ0) is 17.5. The van der Waals surface area contributed by atoms with E-state index in [1.54, 1.807) is 30.3 Å². The number of rotatable bonds is 7. The zero-order valence-electron chi connectivity index (χ0n) is 13.3. The minimum atomic E-state index is -0.946. The number of pyridine rings is 1. The molecule has 1 aromatic carbocycles. The maximum Gasteiger partial charge on any atom is 0.253 e. The van der Waals surface area contributed by atoms with Crippen molar-refractivity contribution in [2.45, 2.75) is 12.6 Å². The van der Waals surface area contributed by atoms with Crippen molar-refractivity contribution in [2.24, 2.45) is 5.73 Å². The van der Waals surface area contributed by atoms with E-state index in [9.17, 15) is 14.4 Å². The molecule has 126 valence electrons. The summed E-state index contributed by atoms with van der Waals surface area (Å²) in [6.07, 6.45) is 1.43. The molecule has 1 heterocycles. The summed E-state index contributed by atoms with van der Waals surface area (Å²) < 4.78 is 6.31. The predicted octanol–water partition coefficient (Wildman–Crippen LogP) is 0.451. The molecule has 0 aliphatic heterocycles. The number of aromatic nitrogens is 1. The van der Waals surface area contributed by atoms with Crippen molar-refractivity contribution in [3.8, 4) is 0 Å². The summed E-state index contributed by atoms with van der Waals surface area (Å²) in [6.45, 7) is 0.674. The lowest BCUT2D eigenvalue weighted by atomic mass is 10.1. The molecule has 7 heteroatoms. The van der Waals surface area contributed by atoms with Gasteiger partial charge in [0.2, 0.25) is 5.91 Å². The number of methoxy groups -OCH3 is 1. The van der Waals surface area contributed by atoms with Gasteiger partial charge in [0.25, 0.3) is 11.5 Å². The van der Waals surface area contributed by atoms with Gasteiger partial charge in [0, 0.05) is 25.9 Å². The van der Waals surface area contributed by atoms with Crippen LogP contribution in [0.15, 0.2) is 53.5 Å². The number of hydrogen-bond donors (Lipinski definition) is 2. The molecule has 0 saturated heterocycles. The molecule has 0 spiro atoms. The number of nitrogens with one attached hydrogen (secondary N) is 1. The Labute approximate surface area is 139 Å². The Morgan fingerprint density at radius 1 is 1.21 bits per heavy atom. The zero-order valence-corrected chi connectivity index (χ0v) is 13.3. The molecule has 3 N–H and O–H groups in total. The molecule has 1 unspecified atom stereocenters. The molecular weight excluding hydrogens is 310 g/mol. The van der Waals surface area contributed by atoms with Crippen LogP contribution in [0.2, 0.25) is 0 Å². The highest BCUT2D eigenvalue weighted by Gasteiger charge is 2.21. The van der Waals surface area contributed by atoms with Gasteiger partial charge in [0.05, 0.1) is 12.2 Å². The van der Waals surface area contributed by atoms with Crippen LogP contribution >= 0.6 is 0 Å². The minimum absolute atomic E-state index is 0.238. The smallest absolute Gasteiger partial charge is 0.253 e. The first-order valence-corrected chi connectivity index (χ1v) is 7.37. The summed E-state index contributed by atoms with van der Waals surface area (Å²) >= 11 is 0. The van der Waals surface area contributed by atoms with Gasteiger partial charge in [-0.2, -0.15) is 0 Å². The first kappa shape index (κ1) is 17.4. The number of carbonyl (C=O) groups excluding carboxylic acids is 2. The second-order valence-corrected chi connectivity index (χ2v) is 5.16. The first-order chi connectivity index (χ1) is 11.5. The quantitative estimate of drug-likeness (QED) is 0.769. The number of primary amides is 1. The maximum atomic E-state index is 12.4. The van der Waals surface area contributed by atoms with Crippen LogP contribution in [-0.4, -0.2) is 30.1 Å². The summed E-state index contributed by atoms with van der Waals surface area (Å²) in [4.78, 5) is 35.8. The highest BCUT2D eigenvalue weighted by molar-refractivity contribution is 5.97. The van der Waals surface area contributed by atoms with Crippen molar-refractivity contribution in [1.29, 1.82) is 0 Å². The van der Waals surface area contributed by atoms with Gasteiger partial charge in [-0.1, -0.05) is 30.3 Å². The fourth-order valence-electron chi connectivity index (χ4n) is 2.21. The van der Waals surface area contributed by atoms with Crippen LogP contribution in [-0.2, 0) is 16.1 Å². The molecule has 0 aliphatic carbocycles. The van der Waals surface area contributed by atoms with E-state index in [2.05, 4.69) is 5.32 Å². The van der Waals surface area contributed by atoms with Crippen LogP contribution in [0.25, 0.3) is 0 Å². The van der Waals surface area contributed by atoms with E-state index >= 15 is 0 Å². The van der Waals surface area contributed by atoms with Crippen molar-refractivity contribution in [1.82, 2.24) is 9.88 Å². The summed E-state index contributed by atoms with van der Waals surface area (Å²) in [7, 11) is 1.53.